The summed E-state index contributed by atoms with van der Waals surface area (Å²) >= 11 is 0. The van der Waals surface area contributed by atoms with Crippen LogP contribution in [0.1, 0.15) is 107 Å². The van der Waals surface area contributed by atoms with Gasteiger partial charge in [0.25, 0.3) is 0 Å². The van der Waals surface area contributed by atoms with E-state index < -0.39 is 29.1 Å². The van der Waals surface area contributed by atoms with Gasteiger partial charge in [0.05, 0.1) is 0 Å². The molecule has 0 aliphatic heterocycles. The number of ether oxygens (including phenoxy) is 1. The molecule has 0 radical (unpaired) electrons. The number of unbranched alkanes of at least 4 members (excludes halogenated alkanes) is 7. The van der Waals surface area contributed by atoms with Gasteiger partial charge in [-0.2, -0.15) is 0 Å². The van der Waals surface area contributed by atoms with Crippen molar-refractivity contribution in [1.29, 1.82) is 0 Å². The molecule has 0 heterocycles. The standard InChI is InChI=1S/C35H41F5O/c1-3-4-5-6-7-8-9-10-13-24-16-18-25(19-17-24)32-28(36)20-23(2)35(34(32)40)41-31-15-12-11-14-27(31)26-21-29(37)33(39)30(38)22-26/h11-12,14-15,20-22,24-25H,3-10,13,16-19H2,1-2H3. The highest BCUT2D eigenvalue weighted by Crippen LogP contribution is 2.44. The summed E-state index contributed by atoms with van der Waals surface area (Å²) in [6, 6.07) is 9.38. The van der Waals surface area contributed by atoms with Gasteiger partial charge in [-0.05, 0) is 79.8 Å². The molecule has 41 heavy (non-hydrogen) atoms. The van der Waals surface area contributed by atoms with Crippen molar-refractivity contribution in [2.24, 2.45) is 5.92 Å². The number of hydrogen-bond donors (Lipinski definition) is 0. The summed E-state index contributed by atoms with van der Waals surface area (Å²) in [5.41, 5.74) is 0.634. The van der Waals surface area contributed by atoms with Crippen molar-refractivity contribution in [1.82, 2.24) is 0 Å². The Morgan fingerprint density at radius 3 is 1.98 bits per heavy atom. The fraction of sp³-hybridized carbons (Fsp3) is 0.486. The van der Waals surface area contributed by atoms with E-state index in [4.69, 9.17) is 4.74 Å². The van der Waals surface area contributed by atoms with E-state index in [1.165, 1.54) is 69.9 Å². The molecule has 0 bridgehead atoms. The largest absolute Gasteiger partial charge is 0.453 e. The van der Waals surface area contributed by atoms with Crippen LogP contribution in [0.25, 0.3) is 11.1 Å². The smallest absolute Gasteiger partial charge is 0.194 e. The number of halogens is 5. The minimum atomic E-state index is -1.57. The highest BCUT2D eigenvalue weighted by atomic mass is 19.2. The molecule has 4 rings (SSSR count). The predicted molar refractivity (Wildman–Crippen MR) is 155 cm³/mol. The van der Waals surface area contributed by atoms with E-state index in [1.807, 2.05) is 0 Å². The van der Waals surface area contributed by atoms with Gasteiger partial charge in [-0.15, -0.1) is 0 Å². The van der Waals surface area contributed by atoms with Gasteiger partial charge in [0.15, 0.2) is 29.0 Å². The van der Waals surface area contributed by atoms with E-state index in [1.54, 1.807) is 25.1 Å². The number of hydrogen-bond acceptors (Lipinski definition) is 1. The van der Waals surface area contributed by atoms with Gasteiger partial charge in [0.2, 0.25) is 0 Å². The van der Waals surface area contributed by atoms with Crippen molar-refractivity contribution in [3.63, 3.8) is 0 Å². The second-order valence-electron chi connectivity index (χ2n) is 11.6. The van der Waals surface area contributed by atoms with Crippen LogP contribution in [-0.2, 0) is 0 Å². The summed E-state index contributed by atoms with van der Waals surface area (Å²) in [4.78, 5) is 0. The van der Waals surface area contributed by atoms with E-state index in [0.717, 1.165) is 37.8 Å². The number of para-hydroxylation sites is 1. The number of benzene rings is 3. The lowest BCUT2D eigenvalue weighted by atomic mass is 9.76. The van der Waals surface area contributed by atoms with E-state index >= 15 is 8.78 Å². The first-order chi connectivity index (χ1) is 19.8. The predicted octanol–water partition coefficient (Wildman–Crippen LogP) is 12.0. The van der Waals surface area contributed by atoms with Crippen LogP contribution in [0.3, 0.4) is 0 Å². The van der Waals surface area contributed by atoms with Gasteiger partial charge in [-0.25, -0.2) is 22.0 Å². The second-order valence-corrected chi connectivity index (χ2v) is 11.6. The molecule has 0 amide bonds. The van der Waals surface area contributed by atoms with Crippen LogP contribution in [0.2, 0.25) is 0 Å². The molecule has 0 N–H and O–H groups in total. The van der Waals surface area contributed by atoms with Crippen LogP contribution in [0.4, 0.5) is 22.0 Å². The van der Waals surface area contributed by atoms with E-state index in [2.05, 4.69) is 6.92 Å². The summed E-state index contributed by atoms with van der Waals surface area (Å²) in [5, 5.41) is 0. The Hall–Kier alpha value is -2.89. The van der Waals surface area contributed by atoms with Crippen molar-refractivity contribution in [3.05, 3.63) is 82.7 Å². The Morgan fingerprint density at radius 1 is 0.707 bits per heavy atom. The molecule has 0 aromatic heterocycles. The molecule has 1 aliphatic rings. The molecule has 222 valence electrons. The monoisotopic (exact) mass is 572 g/mol. The van der Waals surface area contributed by atoms with Crippen molar-refractivity contribution in [3.8, 4) is 22.6 Å². The lowest BCUT2D eigenvalue weighted by Crippen LogP contribution is -2.16. The average Bonchev–Trinajstić information content (AvgIpc) is 2.96. The number of aryl methyl sites for hydroxylation is 1. The molecule has 1 saturated carbocycles. The maximum Gasteiger partial charge on any atom is 0.194 e. The molecule has 1 aliphatic carbocycles. The molecular weight excluding hydrogens is 531 g/mol. The first-order valence-corrected chi connectivity index (χ1v) is 15.2. The topological polar surface area (TPSA) is 9.23 Å². The van der Waals surface area contributed by atoms with Gasteiger partial charge in [-0.3, -0.25) is 0 Å². The third-order valence-corrected chi connectivity index (χ3v) is 8.51. The summed E-state index contributed by atoms with van der Waals surface area (Å²) in [6.45, 7) is 3.79. The number of rotatable bonds is 13. The zero-order chi connectivity index (χ0) is 29.4. The molecule has 0 unspecified atom stereocenters. The maximum atomic E-state index is 15.9. The Bertz CT molecular complexity index is 1270. The first-order valence-electron chi connectivity index (χ1n) is 15.2. The van der Waals surface area contributed by atoms with Crippen LogP contribution in [0.15, 0.2) is 42.5 Å². The van der Waals surface area contributed by atoms with Crippen LogP contribution in [0.5, 0.6) is 11.5 Å². The molecule has 1 nitrogen and oxygen atoms in total. The van der Waals surface area contributed by atoms with E-state index in [9.17, 15) is 13.2 Å². The Morgan fingerprint density at radius 2 is 1.32 bits per heavy atom. The summed E-state index contributed by atoms with van der Waals surface area (Å²) in [7, 11) is 0. The molecule has 0 atom stereocenters. The van der Waals surface area contributed by atoms with Gasteiger partial charge < -0.3 is 4.74 Å². The highest BCUT2D eigenvalue weighted by Gasteiger charge is 2.29. The maximum absolute atomic E-state index is 15.9. The minimum Gasteiger partial charge on any atom is -0.453 e. The normalized spacial score (nSPS) is 17.1. The van der Waals surface area contributed by atoms with Crippen molar-refractivity contribution in [2.75, 3.05) is 0 Å². The molecule has 1 fully saturated rings. The highest BCUT2D eigenvalue weighted by molar-refractivity contribution is 5.71. The Kier molecular flexibility index (Phi) is 11.2. The van der Waals surface area contributed by atoms with Crippen LogP contribution < -0.4 is 4.74 Å². The second kappa shape index (κ2) is 14.8. The summed E-state index contributed by atoms with van der Waals surface area (Å²) in [5.74, 6) is -5.16. The SMILES string of the molecule is CCCCCCCCCCC1CCC(c2c(F)cc(C)c(Oc3ccccc3-c3cc(F)c(F)c(F)c3)c2F)CC1. The third-order valence-electron chi connectivity index (χ3n) is 8.51. The molecule has 6 heteroatoms. The summed E-state index contributed by atoms with van der Waals surface area (Å²) in [6.07, 6.45) is 14.9. The first kappa shape index (κ1) is 31.1. The Balaban J connectivity index is 1.43. The fourth-order valence-corrected chi connectivity index (χ4v) is 6.15. The zero-order valence-electron chi connectivity index (χ0n) is 24.2. The van der Waals surface area contributed by atoms with Crippen molar-refractivity contribution < 1.29 is 26.7 Å². The average molecular weight is 573 g/mol. The van der Waals surface area contributed by atoms with Gasteiger partial charge in [0, 0.05) is 11.1 Å². The van der Waals surface area contributed by atoms with Gasteiger partial charge in [-0.1, -0.05) is 82.9 Å². The van der Waals surface area contributed by atoms with Crippen LogP contribution in [0, 0.1) is 41.9 Å². The molecule has 3 aromatic carbocycles. The van der Waals surface area contributed by atoms with Crippen molar-refractivity contribution in [2.45, 2.75) is 103 Å². The lowest BCUT2D eigenvalue weighted by Gasteiger charge is -2.30. The Labute approximate surface area is 241 Å². The molecule has 3 aromatic rings. The molecular formula is C35H41F5O. The molecule has 0 saturated heterocycles. The molecule has 0 spiro atoms. The quantitative estimate of drug-likeness (QED) is 0.112. The minimum absolute atomic E-state index is 0.0483. The van der Waals surface area contributed by atoms with Gasteiger partial charge >= 0.3 is 0 Å². The van der Waals surface area contributed by atoms with Crippen molar-refractivity contribution >= 4 is 0 Å². The van der Waals surface area contributed by atoms with Crippen LogP contribution >= 0.6 is 0 Å². The van der Waals surface area contributed by atoms with E-state index in [0.29, 0.717) is 5.92 Å². The third kappa shape index (κ3) is 7.90. The van der Waals surface area contributed by atoms with Crippen LogP contribution in [-0.4, -0.2) is 0 Å². The zero-order valence-corrected chi connectivity index (χ0v) is 24.2. The fourth-order valence-electron chi connectivity index (χ4n) is 6.15. The summed E-state index contributed by atoms with van der Waals surface area (Å²) < 4.78 is 78.5. The van der Waals surface area contributed by atoms with E-state index in [-0.39, 0.29) is 39.7 Å². The van der Waals surface area contributed by atoms with Gasteiger partial charge in [0.1, 0.15) is 11.6 Å². The lowest BCUT2D eigenvalue weighted by molar-refractivity contribution is 0.292.